The molecule has 0 aliphatic rings. The highest BCUT2D eigenvalue weighted by Crippen LogP contribution is 2.18. The predicted molar refractivity (Wildman–Crippen MR) is 107 cm³/mol. The first kappa shape index (κ1) is 19.4. The molecule has 28 heavy (non-hydrogen) atoms. The summed E-state index contributed by atoms with van der Waals surface area (Å²) in [5.41, 5.74) is 3.74. The summed E-state index contributed by atoms with van der Waals surface area (Å²) in [6, 6.07) is 17.3. The van der Waals surface area contributed by atoms with Crippen LogP contribution in [0.2, 0.25) is 0 Å². The van der Waals surface area contributed by atoms with Gasteiger partial charge in [0.2, 0.25) is 0 Å². The van der Waals surface area contributed by atoms with Gasteiger partial charge >= 0.3 is 5.97 Å². The van der Waals surface area contributed by atoms with Crippen molar-refractivity contribution in [1.82, 2.24) is 5.16 Å². The molecule has 2 aromatic carbocycles. The SMILES string of the molecule is Cc1noc(C)c1COc1ccc(CC(=O)OCC=Cc2ccccc2)cc1. The summed E-state index contributed by atoms with van der Waals surface area (Å²) in [6.45, 7) is 4.41. The van der Waals surface area contributed by atoms with E-state index in [1.165, 1.54) is 0 Å². The van der Waals surface area contributed by atoms with Gasteiger partial charge in [-0.2, -0.15) is 0 Å². The fourth-order valence-corrected chi connectivity index (χ4v) is 2.67. The molecule has 1 heterocycles. The Morgan fingerprint density at radius 2 is 1.82 bits per heavy atom. The van der Waals surface area contributed by atoms with E-state index in [1.807, 2.05) is 80.6 Å². The zero-order valence-electron chi connectivity index (χ0n) is 16.1. The molecule has 0 aliphatic heterocycles. The maximum atomic E-state index is 12.0. The van der Waals surface area contributed by atoms with Crippen LogP contribution in [0.5, 0.6) is 5.75 Å². The Morgan fingerprint density at radius 1 is 1.07 bits per heavy atom. The molecule has 0 atom stereocenters. The third-order valence-corrected chi connectivity index (χ3v) is 4.29. The van der Waals surface area contributed by atoms with Crippen LogP contribution in [0.25, 0.3) is 6.08 Å². The quantitative estimate of drug-likeness (QED) is 0.534. The highest BCUT2D eigenvalue weighted by Gasteiger charge is 2.10. The van der Waals surface area contributed by atoms with Crippen molar-refractivity contribution in [3.63, 3.8) is 0 Å². The lowest BCUT2D eigenvalue weighted by Gasteiger charge is -2.07. The summed E-state index contributed by atoms with van der Waals surface area (Å²) < 4.78 is 16.1. The fourth-order valence-electron chi connectivity index (χ4n) is 2.67. The van der Waals surface area contributed by atoms with Gasteiger partial charge in [0.25, 0.3) is 0 Å². The molecule has 1 aromatic heterocycles. The first-order valence-corrected chi connectivity index (χ1v) is 9.12. The minimum atomic E-state index is -0.262. The molecule has 0 saturated carbocycles. The van der Waals surface area contributed by atoms with Crippen molar-refractivity contribution >= 4 is 12.0 Å². The molecular weight excluding hydrogens is 354 g/mol. The van der Waals surface area contributed by atoms with Gasteiger partial charge in [-0.05, 0) is 43.2 Å². The molecule has 0 bridgehead atoms. The van der Waals surface area contributed by atoms with E-state index in [4.69, 9.17) is 14.0 Å². The summed E-state index contributed by atoms with van der Waals surface area (Å²) in [7, 11) is 0. The lowest BCUT2D eigenvalue weighted by Crippen LogP contribution is -2.08. The van der Waals surface area contributed by atoms with Gasteiger partial charge in [0.1, 0.15) is 24.7 Å². The van der Waals surface area contributed by atoms with Crippen molar-refractivity contribution in [2.24, 2.45) is 0 Å². The predicted octanol–water partition coefficient (Wildman–Crippen LogP) is 4.67. The Morgan fingerprint density at radius 3 is 2.50 bits per heavy atom. The molecule has 0 spiro atoms. The smallest absolute Gasteiger partial charge is 0.310 e. The van der Waals surface area contributed by atoms with Crippen molar-refractivity contribution < 1.29 is 18.8 Å². The third kappa shape index (κ3) is 5.58. The molecule has 3 rings (SSSR count). The summed E-state index contributed by atoms with van der Waals surface area (Å²) >= 11 is 0. The van der Waals surface area contributed by atoms with E-state index in [0.717, 1.165) is 33.9 Å². The third-order valence-electron chi connectivity index (χ3n) is 4.29. The number of aryl methyl sites for hydroxylation is 2. The average molecular weight is 377 g/mol. The number of ether oxygens (including phenoxy) is 2. The summed E-state index contributed by atoms with van der Waals surface area (Å²) in [5.74, 6) is 1.23. The van der Waals surface area contributed by atoms with Crippen molar-refractivity contribution in [3.05, 3.63) is 88.8 Å². The molecule has 0 amide bonds. The lowest BCUT2D eigenvalue weighted by atomic mass is 10.1. The second-order valence-corrected chi connectivity index (χ2v) is 6.41. The van der Waals surface area contributed by atoms with Crippen LogP contribution in [-0.2, 0) is 22.6 Å². The maximum absolute atomic E-state index is 12.0. The first-order chi connectivity index (χ1) is 13.6. The molecule has 0 radical (unpaired) electrons. The average Bonchev–Trinajstić information content (AvgIpc) is 3.03. The van der Waals surface area contributed by atoms with E-state index in [9.17, 15) is 4.79 Å². The monoisotopic (exact) mass is 377 g/mol. The van der Waals surface area contributed by atoms with E-state index in [-0.39, 0.29) is 19.0 Å². The molecule has 3 aromatic rings. The van der Waals surface area contributed by atoms with Gasteiger partial charge in [-0.3, -0.25) is 4.79 Å². The van der Waals surface area contributed by atoms with Crippen LogP contribution in [0.1, 0.15) is 28.1 Å². The van der Waals surface area contributed by atoms with Crippen molar-refractivity contribution in [2.75, 3.05) is 6.61 Å². The lowest BCUT2D eigenvalue weighted by molar-refractivity contribution is -0.141. The molecule has 144 valence electrons. The van der Waals surface area contributed by atoms with Crippen molar-refractivity contribution in [3.8, 4) is 5.75 Å². The normalized spacial score (nSPS) is 10.9. The van der Waals surface area contributed by atoms with Crippen LogP contribution in [0.3, 0.4) is 0 Å². The van der Waals surface area contributed by atoms with Crippen LogP contribution in [0, 0.1) is 13.8 Å². The van der Waals surface area contributed by atoms with Gasteiger partial charge in [-0.25, -0.2) is 0 Å². The van der Waals surface area contributed by atoms with E-state index in [2.05, 4.69) is 5.16 Å². The zero-order valence-corrected chi connectivity index (χ0v) is 16.1. The number of esters is 1. The highest BCUT2D eigenvalue weighted by molar-refractivity contribution is 5.72. The Hall–Kier alpha value is -3.34. The largest absolute Gasteiger partial charge is 0.489 e. The summed E-state index contributed by atoms with van der Waals surface area (Å²) in [5, 5.41) is 3.91. The van der Waals surface area contributed by atoms with Gasteiger partial charge in [0.15, 0.2) is 0 Å². The Balaban J connectivity index is 1.43. The van der Waals surface area contributed by atoms with E-state index >= 15 is 0 Å². The van der Waals surface area contributed by atoms with Crippen LogP contribution in [0.4, 0.5) is 0 Å². The van der Waals surface area contributed by atoms with Gasteiger partial charge in [-0.1, -0.05) is 53.7 Å². The number of benzene rings is 2. The topological polar surface area (TPSA) is 61.6 Å². The van der Waals surface area contributed by atoms with Crippen LogP contribution >= 0.6 is 0 Å². The van der Waals surface area contributed by atoms with Crippen LogP contribution in [0.15, 0.2) is 65.2 Å². The molecule has 5 heteroatoms. The number of aromatic nitrogens is 1. The second-order valence-electron chi connectivity index (χ2n) is 6.41. The number of carbonyl (C=O) groups is 1. The number of nitrogens with zero attached hydrogens (tertiary/aromatic N) is 1. The van der Waals surface area contributed by atoms with E-state index < -0.39 is 0 Å². The molecule has 0 N–H and O–H groups in total. The van der Waals surface area contributed by atoms with Crippen molar-refractivity contribution in [1.29, 1.82) is 0 Å². The molecular formula is C23H23NO4. The molecule has 0 aliphatic carbocycles. The van der Waals surface area contributed by atoms with Gasteiger partial charge < -0.3 is 14.0 Å². The standard InChI is InChI=1S/C23H23NO4/c1-17-22(18(2)28-24-17)16-27-21-12-10-20(11-13-21)15-23(25)26-14-6-9-19-7-4-3-5-8-19/h3-13H,14-16H2,1-2H3. The maximum Gasteiger partial charge on any atom is 0.310 e. The summed E-state index contributed by atoms with van der Waals surface area (Å²) in [4.78, 5) is 12.0. The molecule has 0 saturated heterocycles. The minimum absolute atomic E-state index is 0.226. The zero-order chi connectivity index (χ0) is 19.8. The molecule has 5 nitrogen and oxygen atoms in total. The van der Waals surface area contributed by atoms with Crippen LogP contribution in [-0.4, -0.2) is 17.7 Å². The number of carbonyl (C=O) groups excluding carboxylic acids is 1. The Kier molecular flexibility index (Phi) is 6.63. The summed E-state index contributed by atoms with van der Waals surface area (Å²) in [6.07, 6.45) is 3.99. The first-order valence-electron chi connectivity index (χ1n) is 9.12. The van der Waals surface area contributed by atoms with E-state index in [1.54, 1.807) is 0 Å². The van der Waals surface area contributed by atoms with Gasteiger partial charge in [0, 0.05) is 0 Å². The van der Waals surface area contributed by atoms with E-state index in [0.29, 0.717) is 6.61 Å². The number of hydrogen-bond donors (Lipinski definition) is 0. The van der Waals surface area contributed by atoms with Crippen molar-refractivity contribution in [2.45, 2.75) is 26.9 Å². The number of rotatable bonds is 8. The Labute approximate surface area is 164 Å². The highest BCUT2D eigenvalue weighted by atomic mass is 16.5. The molecule has 0 fully saturated rings. The second kappa shape index (κ2) is 9.55. The fraction of sp³-hybridized carbons (Fsp3) is 0.217. The van der Waals surface area contributed by atoms with Gasteiger partial charge in [0.05, 0.1) is 17.7 Å². The van der Waals surface area contributed by atoms with Gasteiger partial charge in [-0.15, -0.1) is 0 Å². The Bertz CT molecular complexity index is 907. The minimum Gasteiger partial charge on any atom is -0.489 e. The van der Waals surface area contributed by atoms with Crippen LogP contribution < -0.4 is 4.74 Å². The molecule has 0 unspecified atom stereocenters. The number of hydrogen-bond acceptors (Lipinski definition) is 5.